The lowest BCUT2D eigenvalue weighted by Crippen LogP contribution is -2.53. The number of piperidine rings is 1. The Labute approximate surface area is 215 Å². The lowest BCUT2D eigenvalue weighted by molar-refractivity contribution is -0.192. The molecule has 8 nitrogen and oxygen atoms in total. The van der Waals surface area contributed by atoms with Gasteiger partial charge in [0.1, 0.15) is 0 Å². The van der Waals surface area contributed by atoms with Crippen LogP contribution in [0.1, 0.15) is 42.1 Å². The third kappa shape index (κ3) is 5.93. The van der Waals surface area contributed by atoms with Crippen LogP contribution in [0.4, 0.5) is 13.2 Å². The maximum Gasteiger partial charge on any atom is 0.490 e. The summed E-state index contributed by atoms with van der Waals surface area (Å²) in [7, 11) is 1.73. The van der Waals surface area contributed by atoms with Crippen molar-refractivity contribution in [1.82, 2.24) is 14.7 Å². The van der Waals surface area contributed by atoms with Crippen molar-refractivity contribution in [2.24, 2.45) is 10.8 Å². The Morgan fingerprint density at radius 3 is 2.27 bits per heavy atom. The normalized spacial score (nSPS) is 23.5. The van der Waals surface area contributed by atoms with E-state index in [0.717, 1.165) is 76.2 Å². The number of amides is 2. The maximum absolute atomic E-state index is 13.5. The van der Waals surface area contributed by atoms with Crippen LogP contribution in [0, 0.1) is 17.8 Å². The zero-order valence-electron chi connectivity index (χ0n) is 21.6. The summed E-state index contributed by atoms with van der Waals surface area (Å²) in [4.78, 5) is 41.9. The minimum absolute atomic E-state index is 0.0366. The molecular formula is C26H36F3N3O5. The first kappa shape index (κ1) is 28.9. The van der Waals surface area contributed by atoms with E-state index >= 15 is 0 Å². The Morgan fingerprint density at radius 2 is 1.76 bits per heavy atom. The SMILES string of the molecule is CCN1CCC2(CN(CCOC)CC23CCN(C(=O)c2cccc(C)c2)CC3)C1=O.O=C(O)C(F)(F)F. The number of carbonyl (C=O) groups excluding carboxylic acids is 2. The number of rotatable bonds is 5. The van der Waals surface area contributed by atoms with Crippen molar-refractivity contribution < 1.29 is 37.4 Å². The van der Waals surface area contributed by atoms with Gasteiger partial charge in [0.05, 0.1) is 12.0 Å². The lowest BCUT2D eigenvalue weighted by Gasteiger charge is -2.47. The molecule has 1 aromatic rings. The Bertz CT molecular complexity index is 994. The standard InChI is InChI=1S/C24H35N3O3.C2HF3O2/c1-4-26-13-10-24(22(26)29)18-25(14-15-30-3)17-23(24)8-11-27(12-9-23)21(28)20-7-5-6-19(2)16-20;3-2(4,5)1(6)7/h5-7,16H,4,8-15,17-18H2,1-3H3;(H,6,7). The number of carbonyl (C=O) groups is 3. The summed E-state index contributed by atoms with van der Waals surface area (Å²) < 4.78 is 37.1. The highest BCUT2D eigenvalue weighted by atomic mass is 19.4. The second-order valence-electron chi connectivity index (χ2n) is 10.2. The number of fused-ring (bicyclic) bond motifs is 1. The minimum atomic E-state index is -5.08. The van der Waals surface area contributed by atoms with Gasteiger partial charge in [0.25, 0.3) is 5.91 Å². The highest BCUT2D eigenvalue weighted by Crippen LogP contribution is 2.57. The number of benzene rings is 1. The first-order valence-electron chi connectivity index (χ1n) is 12.6. The average Bonchev–Trinajstić information content (AvgIpc) is 3.34. The fraction of sp³-hybridized carbons (Fsp3) is 0.654. The van der Waals surface area contributed by atoms with E-state index in [9.17, 15) is 22.8 Å². The summed E-state index contributed by atoms with van der Waals surface area (Å²) in [6, 6.07) is 7.84. The third-order valence-electron chi connectivity index (χ3n) is 8.05. The molecule has 1 aromatic carbocycles. The molecule has 0 aromatic heterocycles. The number of likely N-dealkylation sites (tertiary alicyclic amines) is 3. The van der Waals surface area contributed by atoms with Crippen molar-refractivity contribution in [2.45, 2.75) is 39.3 Å². The average molecular weight is 528 g/mol. The quantitative estimate of drug-likeness (QED) is 0.633. The summed E-state index contributed by atoms with van der Waals surface area (Å²) in [6.45, 7) is 10.5. The summed E-state index contributed by atoms with van der Waals surface area (Å²) in [5, 5.41) is 7.12. The van der Waals surface area contributed by atoms with Crippen LogP contribution in [0.2, 0.25) is 0 Å². The van der Waals surface area contributed by atoms with E-state index in [1.807, 2.05) is 41.0 Å². The number of carboxylic acid groups (broad SMARTS) is 1. The van der Waals surface area contributed by atoms with Crippen LogP contribution < -0.4 is 0 Å². The number of hydrogen-bond donors (Lipinski definition) is 1. The van der Waals surface area contributed by atoms with Crippen molar-refractivity contribution in [1.29, 1.82) is 0 Å². The van der Waals surface area contributed by atoms with Crippen LogP contribution in [0.15, 0.2) is 24.3 Å². The molecule has 3 aliphatic heterocycles. The Kier molecular flexibility index (Phi) is 8.89. The molecule has 11 heteroatoms. The van der Waals surface area contributed by atoms with Crippen molar-refractivity contribution >= 4 is 17.8 Å². The van der Waals surface area contributed by atoms with Gasteiger partial charge >= 0.3 is 12.1 Å². The van der Waals surface area contributed by atoms with Crippen LogP contribution >= 0.6 is 0 Å². The highest BCUT2D eigenvalue weighted by Gasteiger charge is 2.64. The molecule has 3 fully saturated rings. The Morgan fingerprint density at radius 1 is 1.11 bits per heavy atom. The van der Waals surface area contributed by atoms with Gasteiger partial charge in [-0.3, -0.25) is 14.5 Å². The molecule has 1 unspecified atom stereocenters. The topological polar surface area (TPSA) is 90.4 Å². The summed E-state index contributed by atoms with van der Waals surface area (Å²) in [6.07, 6.45) is -2.34. The van der Waals surface area contributed by atoms with E-state index in [0.29, 0.717) is 12.5 Å². The van der Waals surface area contributed by atoms with Crippen LogP contribution in [-0.2, 0) is 14.3 Å². The zero-order chi connectivity index (χ0) is 27.4. The lowest BCUT2D eigenvalue weighted by atomic mass is 9.60. The van der Waals surface area contributed by atoms with Gasteiger partial charge < -0.3 is 19.6 Å². The van der Waals surface area contributed by atoms with E-state index < -0.39 is 12.1 Å². The second kappa shape index (κ2) is 11.4. The fourth-order valence-corrected chi connectivity index (χ4v) is 6.08. The van der Waals surface area contributed by atoms with Gasteiger partial charge in [-0.1, -0.05) is 17.7 Å². The van der Waals surface area contributed by atoms with E-state index in [1.165, 1.54) is 0 Å². The molecule has 3 aliphatic rings. The molecule has 0 radical (unpaired) electrons. The summed E-state index contributed by atoms with van der Waals surface area (Å²) >= 11 is 0. The first-order valence-corrected chi connectivity index (χ1v) is 12.6. The molecule has 1 atom stereocenters. The fourth-order valence-electron chi connectivity index (χ4n) is 6.08. The minimum Gasteiger partial charge on any atom is -0.475 e. The molecule has 4 rings (SSSR count). The first-order chi connectivity index (χ1) is 17.4. The van der Waals surface area contributed by atoms with Crippen molar-refractivity contribution in [3.05, 3.63) is 35.4 Å². The van der Waals surface area contributed by atoms with Gasteiger partial charge in [0.2, 0.25) is 5.91 Å². The van der Waals surface area contributed by atoms with Crippen LogP contribution in [0.5, 0.6) is 0 Å². The van der Waals surface area contributed by atoms with E-state index in [1.54, 1.807) is 7.11 Å². The maximum atomic E-state index is 13.5. The smallest absolute Gasteiger partial charge is 0.475 e. The molecule has 0 bridgehead atoms. The number of aliphatic carboxylic acids is 1. The molecule has 0 aliphatic carbocycles. The zero-order valence-corrected chi connectivity index (χ0v) is 21.6. The summed E-state index contributed by atoms with van der Waals surface area (Å²) in [5.41, 5.74) is 1.54. The molecule has 2 spiro atoms. The number of carboxylic acids is 1. The van der Waals surface area contributed by atoms with E-state index in [2.05, 4.69) is 11.8 Å². The third-order valence-corrected chi connectivity index (χ3v) is 8.05. The predicted octanol–water partition coefficient (Wildman–Crippen LogP) is 3.05. The Balaban J connectivity index is 0.000000479. The van der Waals surface area contributed by atoms with E-state index in [4.69, 9.17) is 14.6 Å². The van der Waals surface area contributed by atoms with Gasteiger partial charge in [-0.2, -0.15) is 13.2 Å². The number of nitrogens with zero attached hydrogens (tertiary/aromatic N) is 3. The van der Waals surface area contributed by atoms with Crippen molar-refractivity contribution in [3.63, 3.8) is 0 Å². The second-order valence-corrected chi connectivity index (χ2v) is 10.2. The molecule has 3 saturated heterocycles. The van der Waals surface area contributed by atoms with Crippen LogP contribution in [0.25, 0.3) is 0 Å². The van der Waals surface area contributed by atoms with Gasteiger partial charge in [0, 0.05) is 63.9 Å². The monoisotopic (exact) mass is 527 g/mol. The molecule has 0 saturated carbocycles. The van der Waals surface area contributed by atoms with Crippen molar-refractivity contribution in [3.8, 4) is 0 Å². The molecular weight excluding hydrogens is 491 g/mol. The molecule has 3 heterocycles. The number of methoxy groups -OCH3 is 1. The molecule has 37 heavy (non-hydrogen) atoms. The highest BCUT2D eigenvalue weighted by molar-refractivity contribution is 5.94. The van der Waals surface area contributed by atoms with Crippen molar-refractivity contribution in [2.75, 3.05) is 59.5 Å². The largest absolute Gasteiger partial charge is 0.490 e. The number of ether oxygens (including phenoxy) is 1. The van der Waals surface area contributed by atoms with E-state index in [-0.39, 0.29) is 16.7 Å². The van der Waals surface area contributed by atoms with Gasteiger partial charge in [-0.05, 0) is 45.2 Å². The van der Waals surface area contributed by atoms with Gasteiger partial charge in [0.15, 0.2) is 0 Å². The number of alkyl halides is 3. The number of halogens is 3. The number of aryl methyl sites for hydroxylation is 1. The molecule has 2 amide bonds. The van der Waals surface area contributed by atoms with Gasteiger partial charge in [-0.15, -0.1) is 0 Å². The molecule has 1 N–H and O–H groups in total. The number of hydrogen-bond acceptors (Lipinski definition) is 5. The van der Waals surface area contributed by atoms with Crippen LogP contribution in [-0.4, -0.2) is 103 Å². The predicted molar refractivity (Wildman–Crippen MR) is 130 cm³/mol. The molecule has 206 valence electrons. The van der Waals surface area contributed by atoms with Crippen LogP contribution in [0.3, 0.4) is 0 Å². The van der Waals surface area contributed by atoms with Gasteiger partial charge in [-0.25, -0.2) is 4.79 Å². The Hall–Kier alpha value is -2.66. The summed E-state index contributed by atoms with van der Waals surface area (Å²) in [5.74, 6) is -2.30.